The van der Waals surface area contributed by atoms with Crippen molar-refractivity contribution in [3.8, 4) is 5.75 Å². The number of carbonyl (C=O) groups is 2. The number of likely N-dealkylation sites (N-methyl/N-ethyl adjacent to an activating group) is 1. The third-order valence-corrected chi connectivity index (χ3v) is 3.29. The van der Waals surface area contributed by atoms with Crippen molar-refractivity contribution in [2.45, 2.75) is 6.42 Å². The van der Waals surface area contributed by atoms with Crippen molar-refractivity contribution < 1.29 is 23.8 Å². The molecule has 1 aromatic rings. The quantitative estimate of drug-likeness (QED) is 0.855. The molecule has 20 heavy (non-hydrogen) atoms. The van der Waals surface area contributed by atoms with E-state index in [1.807, 2.05) is 0 Å². The first-order valence-corrected chi connectivity index (χ1v) is 6.35. The minimum Gasteiger partial charge on any atom is -0.492 e. The normalized spacial score (nSPS) is 20.3. The molecule has 0 radical (unpaired) electrons. The standard InChI is InChI=1S/C14H16FNO4/c1-16(13(17)11-8-12(11)14(18)19)5-6-20-10-4-2-3-9(15)7-10/h2-4,7,11-12H,5-6,8H2,1H3,(H,18,19). The lowest BCUT2D eigenvalue weighted by Crippen LogP contribution is -2.32. The van der Waals surface area contributed by atoms with Crippen LogP contribution in [0.25, 0.3) is 0 Å². The van der Waals surface area contributed by atoms with E-state index >= 15 is 0 Å². The zero-order chi connectivity index (χ0) is 14.7. The molecule has 0 aromatic heterocycles. The summed E-state index contributed by atoms with van der Waals surface area (Å²) in [5, 5.41) is 8.77. The third-order valence-electron chi connectivity index (χ3n) is 3.29. The molecule has 1 aliphatic rings. The highest BCUT2D eigenvalue weighted by Gasteiger charge is 2.49. The molecule has 1 aliphatic carbocycles. The molecule has 1 N–H and O–H groups in total. The van der Waals surface area contributed by atoms with E-state index < -0.39 is 17.8 Å². The summed E-state index contributed by atoms with van der Waals surface area (Å²) < 4.78 is 18.2. The van der Waals surface area contributed by atoms with Gasteiger partial charge in [0.15, 0.2) is 0 Å². The average molecular weight is 281 g/mol. The minimum absolute atomic E-state index is 0.180. The van der Waals surface area contributed by atoms with Crippen LogP contribution in [0.5, 0.6) is 5.75 Å². The number of halogens is 1. The monoisotopic (exact) mass is 281 g/mol. The lowest BCUT2D eigenvalue weighted by atomic mass is 10.3. The van der Waals surface area contributed by atoms with Crippen LogP contribution in [-0.2, 0) is 9.59 Å². The van der Waals surface area contributed by atoms with Gasteiger partial charge in [-0.05, 0) is 18.6 Å². The maximum absolute atomic E-state index is 12.9. The first-order valence-electron chi connectivity index (χ1n) is 6.35. The predicted octanol–water partition coefficient (Wildman–Crippen LogP) is 1.38. The Bertz CT molecular complexity index is 520. The van der Waals surface area contributed by atoms with Gasteiger partial charge in [0.2, 0.25) is 5.91 Å². The smallest absolute Gasteiger partial charge is 0.307 e. The SMILES string of the molecule is CN(CCOc1cccc(F)c1)C(=O)C1CC1C(=O)O. The number of carboxylic acid groups (broad SMARTS) is 1. The summed E-state index contributed by atoms with van der Waals surface area (Å²) in [6.45, 7) is 0.564. The van der Waals surface area contributed by atoms with Crippen LogP contribution in [0, 0.1) is 17.7 Å². The summed E-state index contributed by atoms with van der Waals surface area (Å²) in [5.41, 5.74) is 0. The van der Waals surface area contributed by atoms with Crippen molar-refractivity contribution in [3.05, 3.63) is 30.1 Å². The van der Waals surface area contributed by atoms with Crippen molar-refractivity contribution >= 4 is 11.9 Å². The molecule has 2 atom stereocenters. The van der Waals surface area contributed by atoms with Crippen LogP contribution in [-0.4, -0.2) is 42.1 Å². The molecule has 5 nitrogen and oxygen atoms in total. The molecule has 2 unspecified atom stereocenters. The number of rotatable bonds is 6. The zero-order valence-corrected chi connectivity index (χ0v) is 11.1. The highest BCUT2D eigenvalue weighted by atomic mass is 19.1. The Morgan fingerprint density at radius 3 is 2.80 bits per heavy atom. The number of aliphatic carboxylic acids is 1. The van der Waals surface area contributed by atoms with Crippen LogP contribution in [0.1, 0.15) is 6.42 Å². The van der Waals surface area contributed by atoms with Crippen LogP contribution in [0.4, 0.5) is 4.39 Å². The molecule has 2 rings (SSSR count). The number of ether oxygens (including phenoxy) is 1. The van der Waals surface area contributed by atoms with Crippen LogP contribution in [0.15, 0.2) is 24.3 Å². The lowest BCUT2D eigenvalue weighted by molar-refractivity contribution is -0.141. The molecule has 1 saturated carbocycles. The topological polar surface area (TPSA) is 66.8 Å². The van der Waals surface area contributed by atoms with E-state index in [9.17, 15) is 14.0 Å². The second kappa shape index (κ2) is 5.90. The van der Waals surface area contributed by atoms with Gasteiger partial charge in [0.1, 0.15) is 18.2 Å². The minimum atomic E-state index is -0.923. The average Bonchev–Trinajstić information content (AvgIpc) is 3.18. The van der Waals surface area contributed by atoms with Crippen LogP contribution < -0.4 is 4.74 Å². The third kappa shape index (κ3) is 3.46. The van der Waals surface area contributed by atoms with Gasteiger partial charge in [0.05, 0.1) is 18.4 Å². The maximum atomic E-state index is 12.9. The first kappa shape index (κ1) is 14.3. The highest BCUT2D eigenvalue weighted by molar-refractivity contribution is 5.89. The van der Waals surface area contributed by atoms with Crippen molar-refractivity contribution in [2.75, 3.05) is 20.2 Å². The van der Waals surface area contributed by atoms with Crippen molar-refractivity contribution in [3.63, 3.8) is 0 Å². The maximum Gasteiger partial charge on any atom is 0.307 e. The molecule has 0 aliphatic heterocycles. The van der Waals surface area contributed by atoms with E-state index in [0.717, 1.165) is 0 Å². The Labute approximate surface area is 116 Å². The zero-order valence-electron chi connectivity index (χ0n) is 11.1. The summed E-state index contributed by atoms with van der Waals surface area (Å²) in [7, 11) is 1.61. The van der Waals surface area contributed by atoms with E-state index in [4.69, 9.17) is 9.84 Å². The molecule has 0 bridgehead atoms. The molecule has 1 aromatic carbocycles. The van der Waals surface area contributed by atoms with E-state index in [2.05, 4.69) is 0 Å². The van der Waals surface area contributed by atoms with Gasteiger partial charge in [-0.1, -0.05) is 6.07 Å². The molecular formula is C14H16FNO4. The highest BCUT2D eigenvalue weighted by Crippen LogP contribution is 2.39. The second-order valence-corrected chi connectivity index (χ2v) is 4.85. The van der Waals surface area contributed by atoms with Crippen molar-refractivity contribution in [2.24, 2.45) is 11.8 Å². The lowest BCUT2D eigenvalue weighted by Gasteiger charge is -2.17. The molecule has 0 spiro atoms. The number of amides is 1. The number of hydrogen-bond acceptors (Lipinski definition) is 3. The van der Waals surface area contributed by atoms with Gasteiger partial charge in [0.25, 0.3) is 0 Å². The van der Waals surface area contributed by atoms with Crippen LogP contribution >= 0.6 is 0 Å². The van der Waals surface area contributed by atoms with Crippen molar-refractivity contribution in [1.82, 2.24) is 4.90 Å². The molecule has 6 heteroatoms. The summed E-state index contributed by atoms with van der Waals surface area (Å²) in [5.74, 6) is -2.04. The second-order valence-electron chi connectivity index (χ2n) is 4.85. The molecule has 108 valence electrons. The largest absolute Gasteiger partial charge is 0.492 e. The number of carbonyl (C=O) groups excluding carboxylic acids is 1. The summed E-state index contributed by atoms with van der Waals surface area (Å²) >= 11 is 0. The Morgan fingerprint density at radius 2 is 2.20 bits per heavy atom. The fourth-order valence-electron chi connectivity index (χ4n) is 1.99. The van der Waals surface area contributed by atoms with E-state index in [-0.39, 0.29) is 18.3 Å². The number of benzene rings is 1. The van der Waals surface area contributed by atoms with E-state index in [1.54, 1.807) is 19.2 Å². The van der Waals surface area contributed by atoms with Crippen LogP contribution in [0.2, 0.25) is 0 Å². The van der Waals surface area contributed by atoms with Gasteiger partial charge in [-0.2, -0.15) is 0 Å². The number of nitrogens with zero attached hydrogens (tertiary/aromatic N) is 1. The van der Waals surface area contributed by atoms with Gasteiger partial charge < -0.3 is 14.7 Å². The van der Waals surface area contributed by atoms with Gasteiger partial charge in [-0.25, -0.2) is 4.39 Å². The Balaban J connectivity index is 1.74. The van der Waals surface area contributed by atoms with E-state index in [1.165, 1.54) is 17.0 Å². The van der Waals surface area contributed by atoms with Crippen LogP contribution in [0.3, 0.4) is 0 Å². The molecule has 0 heterocycles. The summed E-state index contributed by atoms with van der Waals surface area (Å²) in [6.07, 6.45) is 0.406. The summed E-state index contributed by atoms with van der Waals surface area (Å²) in [4.78, 5) is 24.0. The Kier molecular flexibility index (Phi) is 4.22. The number of hydrogen-bond donors (Lipinski definition) is 1. The molecule has 0 saturated heterocycles. The molecular weight excluding hydrogens is 265 g/mol. The van der Waals surface area contributed by atoms with Gasteiger partial charge >= 0.3 is 5.97 Å². The predicted molar refractivity (Wildman–Crippen MR) is 68.8 cm³/mol. The molecule has 1 fully saturated rings. The number of carboxylic acids is 1. The summed E-state index contributed by atoms with van der Waals surface area (Å²) in [6, 6.07) is 5.76. The van der Waals surface area contributed by atoms with Crippen molar-refractivity contribution in [1.29, 1.82) is 0 Å². The van der Waals surface area contributed by atoms with Gasteiger partial charge in [-0.3, -0.25) is 9.59 Å². The fourth-order valence-corrected chi connectivity index (χ4v) is 1.99. The molecule has 1 amide bonds. The van der Waals surface area contributed by atoms with Gasteiger partial charge in [0, 0.05) is 13.1 Å². The Morgan fingerprint density at radius 1 is 1.45 bits per heavy atom. The van der Waals surface area contributed by atoms with E-state index in [0.29, 0.717) is 18.7 Å². The first-order chi connectivity index (χ1) is 9.49. The fraction of sp³-hybridized carbons (Fsp3) is 0.429. The van der Waals surface area contributed by atoms with Gasteiger partial charge in [-0.15, -0.1) is 0 Å². The Hall–Kier alpha value is -2.11.